The summed E-state index contributed by atoms with van der Waals surface area (Å²) in [5.41, 5.74) is 8.64. The Hall–Kier alpha value is -2.33. The molecule has 0 unspecified atom stereocenters. The molecule has 0 aliphatic heterocycles. The number of fused-ring (bicyclic) bond motifs is 1. The van der Waals surface area contributed by atoms with Gasteiger partial charge in [0.25, 0.3) is 0 Å². The number of imidazole rings is 1. The predicted octanol–water partition coefficient (Wildman–Crippen LogP) is 2.65. The van der Waals surface area contributed by atoms with Gasteiger partial charge < -0.3 is 10.5 Å². The monoisotopic (exact) mass is 267 g/mol. The zero-order chi connectivity index (χ0) is 13.9. The molecule has 0 aliphatic carbocycles. The summed E-state index contributed by atoms with van der Waals surface area (Å²) in [6, 6.07) is 14.0. The maximum Gasteiger partial charge on any atom is 0.144 e. The van der Waals surface area contributed by atoms with E-state index in [1.807, 2.05) is 49.5 Å². The smallest absolute Gasteiger partial charge is 0.144 e. The van der Waals surface area contributed by atoms with Crippen molar-refractivity contribution in [1.29, 1.82) is 0 Å². The van der Waals surface area contributed by atoms with Gasteiger partial charge in [0.2, 0.25) is 0 Å². The average molecular weight is 267 g/mol. The molecule has 20 heavy (non-hydrogen) atoms. The molecule has 4 heteroatoms. The van der Waals surface area contributed by atoms with Gasteiger partial charge >= 0.3 is 0 Å². The standard InChI is InChI=1S/C16H17N3O/c1-12-15-7-2-3-9-19(15)16(18-12)13-5-4-6-14(11-13)20-10-8-17/h2-7,9,11H,8,10,17H2,1H3. The van der Waals surface area contributed by atoms with Gasteiger partial charge in [-0.2, -0.15) is 0 Å². The van der Waals surface area contributed by atoms with Crippen molar-refractivity contribution in [2.45, 2.75) is 6.92 Å². The molecular weight excluding hydrogens is 250 g/mol. The highest BCUT2D eigenvalue weighted by molar-refractivity contribution is 5.66. The van der Waals surface area contributed by atoms with Crippen molar-refractivity contribution in [2.75, 3.05) is 13.2 Å². The molecule has 0 amide bonds. The number of aromatic nitrogens is 2. The van der Waals surface area contributed by atoms with E-state index < -0.39 is 0 Å². The molecule has 4 nitrogen and oxygen atoms in total. The minimum absolute atomic E-state index is 0.510. The summed E-state index contributed by atoms with van der Waals surface area (Å²) < 4.78 is 7.67. The van der Waals surface area contributed by atoms with Crippen LogP contribution in [0.3, 0.4) is 0 Å². The molecule has 0 atom stereocenters. The van der Waals surface area contributed by atoms with Gasteiger partial charge in [-0.05, 0) is 31.2 Å². The molecule has 0 radical (unpaired) electrons. The first-order chi connectivity index (χ1) is 9.79. The molecule has 0 fully saturated rings. The Balaban J connectivity index is 2.07. The Labute approximate surface area is 117 Å². The second-order valence-corrected chi connectivity index (χ2v) is 4.64. The molecule has 0 spiro atoms. The lowest BCUT2D eigenvalue weighted by Gasteiger charge is -2.06. The van der Waals surface area contributed by atoms with Crippen LogP contribution in [0, 0.1) is 6.92 Å². The fourth-order valence-electron chi connectivity index (χ4n) is 2.30. The highest BCUT2D eigenvalue weighted by atomic mass is 16.5. The predicted molar refractivity (Wildman–Crippen MR) is 79.9 cm³/mol. The van der Waals surface area contributed by atoms with Crippen LogP contribution in [0.5, 0.6) is 5.75 Å². The van der Waals surface area contributed by atoms with Crippen molar-refractivity contribution < 1.29 is 4.74 Å². The van der Waals surface area contributed by atoms with Crippen LogP contribution >= 0.6 is 0 Å². The van der Waals surface area contributed by atoms with Crippen LogP contribution in [0.25, 0.3) is 16.9 Å². The van der Waals surface area contributed by atoms with Gasteiger partial charge in [0.1, 0.15) is 18.2 Å². The Kier molecular flexibility index (Phi) is 3.39. The average Bonchev–Trinajstić information content (AvgIpc) is 2.83. The lowest BCUT2D eigenvalue weighted by atomic mass is 10.2. The normalized spacial score (nSPS) is 10.9. The van der Waals surface area contributed by atoms with E-state index in [9.17, 15) is 0 Å². The quantitative estimate of drug-likeness (QED) is 0.790. The van der Waals surface area contributed by atoms with E-state index in [-0.39, 0.29) is 0 Å². The second kappa shape index (κ2) is 5.35. The van der Waals surface area contributed by atoms with Gasteiger partial charge in [-0.15, -0.1) is 0 Å². The van der Waals surface area contributed by atoms with Crippen molar-refractivity contribution in [1.82, 2.24) is 9.38 Å². The lowest BCUT2D eigenvalue weighted by molar-refractivity contribution is 0.328. The molecule has 1 aromatic carbocycles. The molecule has 0 aliphatic rings. The molecule has 2 N–H and O–H groups in total. The summed E-state index contributed by atoms with van der Waals surface area (Å²) in [5, 5.41) is 0. The van der Waals surface area contributed by atoms with E-state index in [4.69, 9.17) is 10.5 Å². The van der Waals surface area contributed by atoms with Crippen LogP contribution in [0.15, 0.2) is 48.7 Å². The molecule has 3 aromatic rings. The summed E-state index contributed by atoms with van der Waals surface area (Å²) in [6.07, 6.45) is 2.03. The lowest BCUT2D eigenvalue weighted by Crippen LogP contribution is -2.10. The molecule has 0 saturated heterocycles. The summed E-state index contributed by atoms with van der Waals surface area (Å²) in [4.78, 5) is 4.66. The first-order valence-electron chi connectivity index (χ1n) is 6.66. The van der Waals surface area contributed by atoms with Gasteiger partial charge in [-0.25, -0.2) is 4.98 Å². The highest BCUT2D eigenvalue weighted by Crippen LogP contribution is 2.25. The SMILES string of the molecule is Cc1nc(-c2cccc(OCCN)c2)n2ccccc12. The molecule has 2 aromatic heterocycles. The van der Waals surface area contributed by atoms with E-state index in [1.165, 1.54) is 0 Å². The Bertz CT molecular complexity index is 733. The molecular formula is C16H17N3O. The zero-order valence-corrected chi connectivity index (χ0v) is 11.4. The van der Waals surface area contributed by atoms with Gasteiger partial charge in [-0.3, -0.25) is 4.40 Å². The topological polar surface area (TPSA) is 52.5 Å². The third-order valence-corrected chi connectivity index (χ3v) is 3.21. The number of rotatable bonds is 4. The first-order valence-corrected chi connectivity index (χ1v) is 6.66. The number of hydrogen-bond acceptors (Lipinski definition) is 3. The third kappa shape index (κ3) is 2.26. The van der Waals surface area contributed by atoms with E-state index in [1.54, 1.807) is 0 Å². The maximum atomic E-state index is 5.57. The first kappa shape index (κ1) is 12.7. The highest BCUT2D eigenvalue weighted by Gasteiger charge is 2.09. The van der Waals surface area contributed by atoms with Crippen LogP contribution < -0.4 is 10.5 Å². The van der Waals surface area contributed by atoms with Gasteiger partial charge in [0, 0.05) is 18.3 Å². The van der Waals surface area contributed by atoms with E-state index in [0.717, 1.165) is 28.3 Å². The fraction of sp³-hybridized carbons (Fsp3) is 0.188. The number of nitrogens with two attached hydrogens (primary N) is 1. The fourth-order valence-corrected chi connectivity index (χ4v) is 2.30. The molecule has 2 heterocycles. The number of nitrogens with zero attached hydrogens (tertiary/aromatic N) is 2. The van der Waals surface area contributed by atoms with E-state index in [2.05, 4.69) is 15.5 Å². The molecule has 3 rings (SSSR count). The van der Waals surface area contributed by atoms with Crippen LogP contribution in [0.1, 0.15) is 5.69 Å². The number of ether oxygens (including phenoxy) is 1. The molecule has 0 saturated carbocycles. The van der Waals surface area contributed by atoms with Gasteiger partial charge in [0.05, 0.1) is 11.2 Å². The van der Waals surface area contributed by atoms with Crippen molar-refractivity contribution >= 4 is 5.52 Å². The second-order valence-electron chi connectivity index (χ2n) is 4.64. The zero-order valence-electron chi connectivity index (χ0n) is 11.4. The summed E-state index contributed by atoms with van der Waals surface area (Å²) in [6.45, 7) is 3.05. The third-order valence-electron chi connectivity index (χ3n) is 3.21. The van der Waals surface area contributed by atoms with Crippen LogP contribution in [-0.4, -0.2) is 22.5 Å². The van der Waals surface area contributed by atoms with Crippen molar-refractivity contribution in [3.8, 4) is 17.1 Å². The van der Waals surface area contributed by atoms with Crippen molar-refractivity contribution in [2.24, 2.45) is 5.73 Å². The minimum atomic E-state index is 0.510. The Morgan fingerprint density at radius 2 is 2.10 bits per heavy atom. The molecule has 102 valence electrons. The van der Waals surface area contributed by atoms with E-state index in [0.29, 0.717) is 13.2 Å². The largest absolute Gasteiger partial charge is 0.492 e. The number of benzene rings is 1. The summed E-state index contributed by atoms with van der Waals surface area (Å²) >= 11 is 0. The molecule has 0 bridgehead atoms. The van der Waals surface area contributed by atoms with Gasteiger partial charge in [0.15, 0.2) is 0 Å². The summed E-state index contributed by atoms with van der Waals surface area (Å²) in [7, 11) is 0. The Morgan fingerprint density at radius 1 is 1.20 bits per heavy atom. The van der Waals surface area contributed by atoms with Crippen molar-refractivity contribution in [3.05, 3.63) is 54.4 Å². The number of hydrogen-bond donors (Lipinski definition) is 1. The van der Waals surface area contributed by atoms with Crippen LogP contribution in [0.2, 0.25) is 0 Å². The van der Waals surface area contributed by atoms with E-state index >= 15 is 0 Å². The van der Waals surface area contributed by atoms with Crippen LogP contribution in [0.4, 0.5) is 0 Å². The number of pyridine rings is 1. The van der Waals surface area contributed by atoms with Gasteiger partial charge in [-0.1, -0.05) is 18.2 Å². The van der Waals surface area contributed by atoms with Crippen LogP contribution in [-0.2, 0) is 0 Å². The summed E-state index contributed by atoms with van der Waals surface area (Å²) in [5.74, 6) is 1.74. The Morgan fingerprint density at radius 3 is 2.95 bits per heavy atom. The number of aryl methyl sites for hydroxylation is 1. The minimum Gasteiger partial charge on any atom is -0.492 e. The maximum absolute atomic E-state index is 5.57. The van der Waals surface area contributed by atoms with Crippen molar-refractivity contribution in [3.63, 3.8) is 0 Å².